The summed E-state index contributed by atoms with van der Waals surface area (Å²) < 4.78 is 23.4. The van der Waals surface area contributed by atoms with Gasteiger partial charge in [-0.3, -0.25) is 0 Å². The fourth-order valence-corrected chi connectivity index (χ4v) is 3.14. The second kappa shape index (κ2) is 7.53. The summed E-state index contributed by atoms with van der Waals surface area (Å²) in [5.41, 5.74) is 7.05. The molecule has 0 bridgehead atoms. The van der Waals surface area contributed by atoms with Gasteiger partial charge in [0.2, 0.25) is 0 Å². The summed E-state index contributed by atoms with van der Waals surface area (Å²) in [6, 6.07) is 5.48. The van der Waals surface area contributed by atoms with E-state index < -0.39 is 9.84 Å². The Labute approximate surface area is 122 Å². The number of hydrogen-bond acceptors (Lipinski definition) is 4. The van der Waals surface area contributed by atoms with E-state index in [2.05, 4.69) is 19.2 Å². The number of hydrogen-bond donors (Lipinski definition) is 2. The molecule has 5 heteroatoms. The van der Waals surface area contributed by atoms with Crippen molar-refractivity contribution in [2.24, 2.45) is 0 Å². The van der Waals surface area contributed by atoms with Gasteiger partial charge in [-0.15, -0.1) is 0 Å². The van der Waals surface area contributed by atoms with Gasteiger partial charge < -0.3 is 11.1 Å². The van der Waals surface area contributed by atoms with Gasteiger partial charge in [0, 0.05) is 12.3 Å². The van der Waals surface area contributed by atoms with Crippen molar-refractivity contribution in [3.05, 3.63) is 18.2 Å². The zero-order chi connectivity index (χ0) is 15.2. The van der Waals surface area contributed by atoms with E-state index in [0.29, 0.717) is 11.7 Å². The molecule has 1 unspecified atom stereocenters. The molecule has 0 radical (unpaired) electrons. The predicted octanol–water partition coefficient (Wildman–Crippen LogP) is 3.44. The molecule has 20 heavy (non-hydrogen) atoms. The number of nitrogen functional groups attached to an aromatic ring is 1. The van der Waals surface area contributed by atoms with Crippen LogP contribution in [0.2, 0.25) is 0 Å². The highest BCUT2D eigenvalue weighted by Crippen LogP contribution is 2.28. The van der Waals surface area contributed by atoms with Gasteiger partial charge in [-0.25, -0.2) is 8.42 Å². The maximum Gasteiger partial charge on any atom is 0.177 e. The van der Waals surface area contributed by atoms with Crippen molar-refractivity contribution < 1.29 is 8.42 Å². The first-order chi connectivity index (χ1) is 9.40. The molecule has 4 nitrogen and oxygen atoms in total. The van der Waals surface area contributed by atoms with Crippen LogP contribution in [0.5, 0.6) is 0 Å². The summed E-state index contributed by atoms with van der Waals surface area (Å²) in [6.45, 7) is 4.32. The molecule has 0 aliphatic heterocycles. The van der Waals surface area contributed by atoms with Gasteiger partial charge >= 0.3 is 0 Å². The fourth-order valence-electron chi connectivity index (χ4n) is 2.30. The Balaban J connectivity index is 2.95. The SMILES string of the molecule is CCCCC(CCC)Nc1cccc(S(C)(=O)=O)c1N. The third kappa shape index (κ3) is 4.71. The Kier molecular flexibility index (Phi) is 6.33. The van der Waals surface area contributed by atoms with E-state index in [1.54, 1.807) is 12.1 Å². The van der Waals surface area contributed by atoms with Gasteiger partial charge in [-0.2, -0.15) is 0 Å². The van der Waals surface area contributed by atoms with Crippen molar-refractivity contribution in [2.45, 2.75) is 56.9 Å². The first kappa shape index (κ1) is 16.8. The van der Waals surface area contributed by atoms with E-state index in [0.717, 1.165) is 37.8 Å². The van der Waals surface area contributed by atoms with Gasteiger partial charge in [0.1, 0.15) is 0 Å². The minimum absolute atomic E-state index is 0.202. The topological polar surface area (TPSA) is 72.2 Å². The summed E-state index contributed by atoms with van der Waals surface area (Å²) in [7, 11) is -3.29. The minimum Gasteiger partial charge on any atom is -0.396 e. The maximum atomic E-state index is 11.7. The van der Waals surface area contributed by atoms with E-state index in [1.165, 1.54) is 6.26 Å². The Morgan fingerprint density at radius 1 is 1.20 bits per heavy atom. The molecule has 1 aromatic rings. The van der Waals surface area contributed by atoms with Crippen LogP contribution in [0.4, 0.5) is 11.4 Å². The summed E-state index contributed by atoms with van der Waals surface area (Å²) in [6.07, 6.45) is 6.72. The average molecular weight is 298 g/mol. The van der Waals surface area contributed by atoms with Crippen molar-refractivity contribution in [1.29, 1.82) is 0 Å². The van der Waals surface area contributed by atoms with Gasteiger partial charge in [0.05, 0.1) is 16.3 Å². The molecule has 0 aliphatic carbocycles. The number of sulfone groups is 1. The third-order valence-corrected chi connectivity index (χ3v) is 4.52. The van der Waals surface area contributed by atoms with Crippen LogP contribution in [0.25, 0.3) is 0 Å². The Hall–Kier alpha value is -1.23. The summed E-state index contributed by atoms with van der Waals surface area (Å²) in [5.74, 6) is 0. The largest absolute Gasteiger partial charge is 0.396 e. The first-order valence-electron chi connectivity index (χ1n) is 7.25. The molecule has 0 aromatic heterocycles. The van der Waals surface area contributed by atoms with Gasteiger partial charge in [-0.1, -0.05) is 39.2 Å². The lowest BCUT2D eigenvalue weighted by Crippen LogP contribution is -2.20. The molecule has 0 spiro atoms. The molecule has 1 rings (SSSR count). The number of rotatable bonds is 8. The van der Waals surface area contributed by atoms with Crippen molar-refractivity contribution in [2.75, 3.05) is 17.3 Å². The monoisotopic (exact) mass is 298 g/mol. The maximum absolute atomic E-state index is 11.7. The summed E-state index contributed by atoms with van der Waals surface area (Å²) in [4.78, 5) is 0.202. The van der Waals surface area contributed by atoms with Gasteiger partial charge in [0.15, 0.2) is 9.84 Å². The predicted molar refractivity (Wildman–Crippen MR) is 85.8 cm³/mol. The smallest absolute Gasteiger partial charge is 0.177 e. The van der Waals surface area contributed by atoms with Gasteiger partial charge in [0.25, 0.3) is 0 Å². The molecule has 0 aliphatic rings. The third-order valence-electron chi connectivity index (χ3n) is 3.37. The second-order valence-corrected chi connectivity index (χ2v) is 7.25. The van der Waals surface area contributed by atoms with E-state index in [4.69, 9.17) is 5.73 Å². The molecule has 1 atom stereocenters. The summed E-state index contributed by atoms with van der Waals surface area (Å²) >= 11 is 0. The Morgan fingerprint density at radius 3 is 2.45 bits per heavy atom. The molecule has 0 fully saturated rings. The second-order valence-electron chi connectivity index (χ2n) is 5.26. The quantitative estimate of drug-likeness (QED) is 0.721. The fraction of sp³-hybridized carbons (Fsp3) is 0.600. The lowest BCUT2D eigenvalue weighted by Gasteiger charge is -2.21. The van der Waals surface area contributed by atoms with Gasteiger partial charge in [-0.05, 0) is 25.0 Å². The number of nitrogens with one attached hydrogen (secondary N) is 1. The Bertz CT molecular complexity index is 527. The highest BCUT2D eigenvalue weighted by atomic mass is 32.2. The lowest BCUT2D eigenvalue weighted by atomic mass is 10.0. The van der Waals surface area contributed by atoms with Crippen LogP contribution in [0.1, 0.15) is 46.0 Å². The zero-order valence-corrected chi connectivity index (χ0v) is 13.5. The van der Waals surface area contributed by atoms with Crippen LogP contribution in [0.15, 0.2) is 23.1 Å². The number of nitrogens with two attached hydrogens (primary N) is 1. The zero-order valence-electron chi connectivity index (χ0n) is 12.6. The Morgan fingerprint density at radius 2 is 1.90 bits per heavy atom. The van der Waals surface area contributed by atoms with Crippen LogP contribution in [0.3, 0.4) is 0 Å². The molecular weight excluding hydrogens is 272 g/mol. The normalized spacial score (nSPS) is 13.2. The molecule has 0 saturated carbocycles. The van der Waals surface area contributed by atoms with Crippen LogP contribution in [-0.2, 0) is 9.84 Å². The number of para-hydroxylation sites is 1. The average Bonchev–Trinajstić information content (AvgIpc) is 2.37. The molecule has 0 heterocycles. The molecular formula is C15H26N2O2S. The van der Waals surface area contributed by atoms with E-state index >= 15 is 0 Å². The molecule has 0 saturated heterocycles. The molecule has 114 valence electrons. The first-order valence-corrected chi connectivity index (χ1v) is 9.14. The van der Waals surface area contributed by atoms with Crippen LogP contribution in [-0.4, -0.2) is 20.7 Å². The standard InChI is InChI=1S/C15H26N2O2S/c1-4-6-9-12(8-5-2)17-13-10-7-11-14(15(13)16)20(3,18)19/h7,10-12,17H,4-6,8-9,16H2,1-3H3. The van der Waals surface area contributed by atoms with Crippen molar-refractivity contribution >= 4 is 21.2 Å². The molecule has 3 N–H and O–H groups in total. The highest BCUT2D eigenvalue weighted by Gasteiger charge is 2.16. The minimum atomic E-state index is -3.29. The van der Waals surface area contributed by atoms with Crippen molar-refractivity contribution in [1.82, 2.24) is 0 Å². The van der Waals surface area contributed by atoms with E-state index in [-0.39, 0.29) is 4.90 Å². The van der Waals surface area contributed by atoms with Crippen LogP contribution < -0.4 is 11.1 Å². The lowest BCUT2D eigenvalue weighted by molar-refractivity contribution is 0.564. The summed E-state index contributed by atoms with van der Waals surface area (Å²) in [5, 5.41) is 3.41. The highest BCUT2D eigenvalue weighted by molar-refractivity contribution is 7.90. The van der Waals surface area contributed by atoms with Crippen LogP contribution >= 0.6 is 0 Å². The molecule has 1 aromatic carbocycles. The van der Waals surface area contributed by atoms with Crippen molar-refractivity contribution in [3.8, 4) is 0 Å². The molecule has 0 amide bonds. The number of anilines is 2. The number of unbranched alkanes of at least 4 members (excludes halogenated alkanes) is 1. The van der Waals surface area contributed by atoms with E-state index in [9.17, 15) is 8.42 Å². The van der Waals surface area contributed by atoms with Crippen LogP contribution in [0, 0.1) is 0 Å². The number of benzene rings is 1. The van der Waals surface area contributed by atoms with Crippen molar-refractivity contribution in [3.63, 3.8) is 0 Å². The van der Waals surface area contributed by atoms with E-state index in [1.807, 2.05) is 6.07 Å².